The van der Waals surface area contributed by atoms with E-state index in [0.717, 1.165) is 0 Å². The van der Waals surface area contributed by atoms with Crippen LogP contribution in [0.3, 0.4) is 0 Å². The van der Waals surface area contributed by atoms with Gasteiger partial charge in [-0.15, -0.1) is 0 Å². The van der Waals surface area contributed by atoms with Crippen LogP contribution in [0, 0.1) is 18.7 Å². The smallest absolute Gasteiger partial charge is 0.409 e. The standard InChI is InChI=1S/C26H28FN7O4/c1-15(2)21-14-32(9-10-34(21)26(36)37-4)25-30-24(38-31-25)17-11-18(27)16(3)19(12-17)29-23(35)20-13-28-22-7-5-6-8-33(20)22/h5-8,11-13,15,21H,9-10,14H2,1-4H3,(H,29,35). The first-order valence-electron chi connectivity index (χ1n) is 12.2. The van der Waals surface area contributed by atoms with Gasteiger partial charge in [-0.3, -0.25) is 9.20 Å². The van der Waals surface area contributed by atoms with Crippen molar-refractivity contribution < 1.29 is 23.2 Å². The largest absolute Gasteiger partial charge is 0.453 e. The Bertz CT molecular complexity index is 1500. The second kappa shape index (κ2) is 10.1. The second-order valence-corrected chi connectivity index (χ2v) is 9.48. The van der Waals surface area contributed by atoms with Crippen LogP contribution in [0.1, 0.15) is 29.9 Å². The number of piperazine rings is 1. The van der Waals surface area contributed by atoms with Crippen LogP contribution in [0.4, 0.5) is 20.8 Å². The van der Waals surface area contributed by atoms with Crippen molar-refractivity contribution in [2.24, 2.45) is 5.92 Å². The molecule has 1 fully saturated rings. The average Bonchev–Trinajstić information content (AvgIpc) is 3.58. The van der Waals surface area contributed by atoms with Gasteiger partial charge in [-0.25, -0.2) is 14.2 Å². The molecule has 4 aromatic rings. The van der Waals surface area contributed by atoms with E-state index >= 15 is 0 Å². The number of halogens is 1. The third-order valence-electron chi connectivity index (χ3n) is 6.78. The molecule has 198 valence electrons. The van der Waals surface area contributed by atoms with E-state index in [1.165, 1.54) is 19.4 Å². The summed E-state index contributed by atoms with van der Waals surface area (Å²) in [6.45, 7) is 7.06. The monoisotopic (exact) mass is 521 g/mol. The summed E-state index contributed by atoms with van der Waals surface area (Å²) in [5.41, 5.74) is 1.82. The molecule has 11 nitrogen and oxygen atoms in total. The van der Waals surface area contributed by atoms with E-state index in [0.29, 0.717) is 42.5 Å². The number of pyridine rings is 1. The molecule has 1 saturated heterocycles. The van der Waals surface area contributed by atoms with Crippen molar-refractivity contribution in [3.63, 3.8) is 0 Å². The summed E-state index contributed by atoms with van der Waals surface area (Å²) in [4.78, 5) is 37.5. The first-order valence-corrected chi connectivity index (χ1v) is 12.2. The number of carbonyl (C=O) groups excluding carboxylic acids is 2. The Morgan fingerprint density at radius 1 is 1.24 bits per heavy atom. The molecule has 4 heterocycles. The van der Waals surface area contributed by atoms with Crippen LogP contribution in [0.25, 0.3) is 17.1 Å². The molecule has 1 aliphatic heterocycles. The fourth-order valence-electron chi connectivity index (χ4n) is 4.59. The highest BCUT2D eigenvalue weighted by atomic mass is 19.1. The first kappa shape index (κ1) is 25.2. The van der Waals surface area contributed by atoms with Crippen LogP contribution in [0.2, 0.25) is 0 Å². The number of methoxy groups -OCH3 is 1. The zero-order valence-corrected chi connectivity index (χ0v) is 21.5. The Balaban J connectivity index is 1.38. The number of ether oxygens (including phenoxy) is 1. The maximum absolute atomic E-state index is 14.9. The van der Waals surface area contributed by atoms with Gasteiger partial charge >= 0.3 is 6.09 Å². The number of nitrogens with zero attached hydrogens (tertiary/aromatic N) is 6. The highest BCUT2D eigenvalue weighted by Gasteiger charge is 2.34. The molecule has 1 atom stereocenters. The second-order valence-electron chi connectivity index (χ2n) is 9.48. The lowest BCUT2D eigenvalue weighted by Crippen LogP contribution is -2.57. The van der Waals surface area contributed by atoms with Gasteiger partial charge in [0.1, 0.15) is 17.2 Å². The lowest BCUT2D eigenvalue weighted by Gasteiger charge is -2.41. The van der Waals surface area contributed by atoms with Gasteiger partial charge in [0.05, 0.1) is 19.3 Å². The Labute approximate surface area is 218 Å². The van der Waals surface area contributed by atoms with Crippen LogP contribution in [0.15, 0.2) is 47.2 Å². The van der Waals surface area contributed by atoms with Crippen molar-refractivity contribution >= 4 is 29.3 Å². The van der Waals surface area contributed by atoms with Crippen molar-refractivity contribution in [1.82, 2.24) is 24.4 Å². The first-order chi connectivity index (χ1) is 18.3. The molecule has 38 heavy (non-hydrogen) atoms. The van der Waals surface area contributed by atoms with Crippen LogP contribution >= 0.6 is 0 Å². The number of hydrogen-bond donors (Lipinski definition) is 1. The van der Waals surface area contributed by atoms with Crippen molar-refractivity contribution in [1.29, 1.82) is 0 Å². The number of aromatic nitrogens is 4. The number of amides is 2. The number of fused-ring (bicyclic) bond motifs is 1. The summed E-state index contributed by atoms with van der Waals surface area (Å²) in [5.74, 6) is -0.332. The van der Waals surface area contributed by atoms with E-state index in [2.05, 4.69) is 20.4 Å². The number of benzene rings is 1. The lowest BCUT2D eigenvalue weighted by atomic mass is 10.0. The van der Waals surface area contributed by atoms with E-state index in [4.69, 9.17) is 9.26 Å². The summed E-state index contributed by atoms with van der Waals surface area (Å²) in [7, 11) is 1.37. The summed E-state index contributed by atoms with van der Waals surface area (Å²) in [6, 6.07) is 8.20. The fraction of sp³-hybridized carbons (Fsp3) is 0.346. The van der Waals surface area contributed by atoms with E-state index < -0.39 is 11.7 Å². The number of rotatable bonds is 5. The number of anilines is 2. The molecular weight excluding hydrogens is 493 g/mol. The van der Waals surface area contributed by atoms with Gasteiger partial charge in [-0.2, -0.15) is 4.98 Å². The number of carbonyl (C=O) groups is 2. The van der Waals surface area contributed by atoms with E-state index in [1.807, 2.05) is 24.8 Å². The van der Waals surface area contributed by atoms with Gasteiger partial charge in [-0.1, -0.05) is 19.9 Å². The van der Waals surface area contributed by atoms with Crippen molar-refractivity contribution in [3.05, 3.63) is 59.8 Å². The van der Waals surface area contributed by atoms with Crippen molar-refractivity contribution in [2.45, 2.75) is 26.8 Å². The van der Waals surface area contributed by atoms with E-state index in [9.17, 15) is 14.0 Å². The molecule has 2 amide bonds. The maximum atomic E-state index is 14.9. The van der Waals surface area contributed by atoms with Crippen LogP contribution in [-0.2, 0) is 4.74 Å². The fourth-order valence-corrected chi connectivity index (χ4v) is 4.59. The van der Waals surface area contributed by atoms with Gasteiger partial charge in [-0.05, 0) is 42.3 Å². The van der Waals surface area contributed by atoms with Gasteiger partial charge in [0.2, 0.25) is 0 Å². The molecule has 0 bridgehead atoms. The Kier molecular flexibility index (Phi) is 6.70. The minimum absolute atomic E-state index is 0.101. The molecule has 0 radical (unpaired) electrons. The third kappa shape index (κ3) is 4.64. The van der Waals surface area contributed by atoms with Crippen LogP contribution in [0.5, 0.6) is 0 Å². The molecular formula is C26H28FN7O4. The molecule has 5 rings (SSSR count). The predicted molar refractivity (Wildman–Crippen MR) is 138 cm³/mol. The van der Waals surface area contributed by atoms with Gasteiger partial charge in [0.25, 0.3) is 17.7 Å². The number of hydrogen-bond acceptors (Lipinski definition) is 8. The SMILES string of the molecule is COC(=O)N1CCN(c2noc(-c3cc(F)c(C)c(NC(=O)c4cnc5ccccn45)c3)n2)CC1C(C)C. The average molecular weight is 522 g/mol. The Morgan fingerprint density at radius 3 is 2.82 bits per heavy atom. The van der Waals surface area contributed by atoms with Crippen LogP contribution in [-0.4, -0.2) is 69.2 Å². The van der Waals surface area contributed by atoms with Gasteiger partial charge in [0, 0.05) is 42.6 Å². The van der Waals surface area contributed by atoms with Crippen molar-refractivity contribution in [3.8, 4) is 11.5 Å². The van der Waals surface area contributed by atoms with Gasteiger partial charge < -0.3 is 24.4 Å². The number of imidazole rings is 1. The molecule has 1 aliphatic rings. The molecule has 0 saturated carbocycles. The lowest BCUT2D eigenvalue weighted by molar-refractivity contribution is 0.0860. The summed E-state index contributed by atoms with van der Waals surface area (Å²) < 4.78 is 27.0. The van der Waals surface area contributed by atoms with Crippen LogP contribution < -0.4 is 10.2 Å². The Morgan fingerprint density at radius 2 is 2.05 bits per heavy atom. The quantitative estimate of drug-likeness (QED) is 0.419. The topological polar surface area (TPSA) is 118 Å². The minimum Gasteiger partial charge on any atom is -0.453 e. The predicted octanol–water partition coefficient (Wildman–Crippen LogP) is 4.00. The molecule has 12 heteroatoms. The highest BCUT2D eigenvalue weighted by molar-refractivity contribution is 6.04. The zero-order chi connectivity index (χ0) is 27.0. The van der Waals surface area contributed by atoms with E-state index in [-0.39, 0.29) is 35.2 Å². The summed E-state index contributed by atoms with van der Waals surface area (Å²) in [5, 5.41) is 6.88. The molecule has 0 spiro atoms. The minimum atomic E-state index is -0.526. The molecule has 1 N–H and O–H groups in total. The van der Waals surface area contributed by atoms with Crippen molar-refractivity contribution in [2.75, 3.05) is 37.0 Å². The maximum Gasteiger partial charge on any atom is 0.409 e. The van der Waals surface area contributed by atoms with E-state index in [1.54, 1.807) is 40.6 Å². The summed E-state index contributed by atoms with van der Waals surface area (Å²) >= 11 is 0. The van der Waals surface area contributed by atoms with Gasteiger partial charge in [0.15, 0.2) is 0 Å². The molecule has 3 aromatic heterocycles. The molecule has 0 aliphatic carbocycles. The highest BCUT2D eigenvalue weighted by Crippen LogP contribution is 2.29. The number of nitrogens with one attached hydrogen (secondary N) is 1. The Hall–Kier alpha value is -4.48. The molecule has 1 unspecified atom stereocenters. The third-order valence-corrected chi connectivity index (χ3v) is 6.78. The normalized spacial score (nSPS) is 15.8. The molecule has 1 aromatic carbocycles. The zero-order valence-electron chi connectivity index (χ0n) is 21.5. The summed E-state index contributed by atoms with van der Waals surface area (Å²) in [6.07, 6.45) is 2.83.